The molecule has 2 aromatic rings. The summed E-state index contributed by atoms with van der Waals surface area (Å²) in [6.07, 6.45) is 1.27. The average molecular weight is 263 g/mol. The molecule has 1 heterocycles. The van der Waals surface area contributed by atoms with E-state index < -0.39 is 0 Å². The summed E-state index contributed by atoms with van der Waals surface area (Å²) < 4.78 is 18.0. The normalized spacial score (nSPS) is 12.6. The van der Waals surface area contributed by atoms with Crippen LogP contribution in [0.25, 0.3) is 0 Å². The molecule has 0 aliphatic carbocycles. The van der Waals surface area contributed by atoms with E-state index in [9.17, 15) is 4.39 Å². The maximum atomic E-state index is 12.8. The number of nitrogens with zero attached hydrogens (tertiary/aromatic N) is 2. The molecule has 0 aliphatic heterocycles. The van der Waals surface area contributed by atoms with E-state index in [4.69, 9.17) is 4.52 Å². The molecule has 102 valence electrons. The number of aromatic nitrogens is 2. The van der Waals surface area contributed by atoms with Crippen molar-refractivity contribution in [2.45, 2.75) is 32.7 Å². The van der Waals surface area contributed by atoms with E-state index in [-0.39, 0.29) is 5.82 Å². The summed E-state index contributed by atoms with van der Waals surface area (Å²) in [4.78, 5) is 4.34. The van der Waals surface area contributed by atoms with E-state index in [0.29, 0.717) is 30.6 Å². The van der Waals surface area contributed by atoms with Crippen molar-refractivity contribution in [1.82, 2.24) is 15.5 Å². The van der Waals surface area contributed by atoms with E-state index in [2.05, 4.69) is 29.3 Å². The lowest BCUT2D eigenvalue weighted by Crippen LogP contribution is -2.27. The van der Waals surface area contributed by atoms with Crippen LogP contribution in [0.1, 0.15) is 31.1 Å². The Hall–Kier alpha value is -1.75. The molecule has 0 fully saturated rings. The van der Waals surface area contributed by atoms with E-state index in [1.807, 2.05) is 0 Å². The van der Waals surface area contributed by atoms with Gasteiger partial charge < -0.3 is 9.84 Å². The van der Waals surface area contributed by atoms with Crippen LogP contribution in [0.2, 0.25) is 0 Å². The number of hydrogen-bond acceptors (Lipinski definition) is 4. The van der Waals surface area contributed by atoms with E-state index in [0.717, 1.165) is 12.1 Å². The van der Waals surface area contributed by atoms with Crippen LogP contribution in [-0.2, 0) is 12.8 Å². The Morgan fingerprint density at radius 2 is 2.05 bits per heavy atom. The van der Waals surface area contributed by atoms with Crippen LogP contribution in [0, 0.1) is 5.82 Å². The first-order valence-electron chi connectivity index (χ1n) is 6.46. The van der Waals surface area contributed by atoms with Gasteiger partial charge in [-0.05, 0) is 31.2 Å². The molecule has 0 amide bonds. The van der Waals surface area contributed by atoms with Gasteiger partial charge in [-0.1, -0.05) is 24.2 Å². The van der Waals surface area contributed by atoms with E-state index in [1.54, 1.807) is 12.1 Å². The second-order valence-corrected chi connectivity index (χ2v) is 4.57. The Bertz CT molecular complexity index is 510. The Kier molecular flexibility index (Phi) is 4.63. The lowest BCUT2D eigenvalue weighted by molar-refractivity contribution is 0.359. The Balaban J connectivity index is 1.95. The minimum Gasteiger partial charge on any atom is -0.339 e. The van der Waals surface area contributed by atoms with Crippen LogP contribution in [0.5, 0.6) is 0 Å². The van der Waals surface area contributed by atoms with Crippen molar-refractivity contribution in [2.75, 3.05) is 6.54 Å². The van der Waals surface area contributed by atoms with Crippen molar-refractivity contribution in [2.24, 2.45) is 0 Å². The van der Waals surface area contributed by atoms with Crippen LogP contribution >= 0.6 is 0 Å². The summed E-state index contributed by atoms with van der Waals surface area (Å²) in [5.41, 5.74) is 0.966. The molecule has 0 saturated heterocycles. The predicted octanol–water partition coefficient (Wildman–Crippen LogP) is 2.34. The molecule has 1 unspecified atom stereocenters. The Morgan fingerprint density at radius 3 is 2.74 bits per heavy atom. The quantitative estimate of drug-likeness (QED) is 0.869. The lowest BCUT2D eigenvalue weighted by Gasteiger charge is -2.07. The second-order valence-electron chi connectivity index (χ2n) is 4.57. The summed E-state index contributed by atoms with van der Waals surface area (Å²) in [7, 11) is 0. The fraction of sp³-hybridized carbons (Fsp3) is 0.429. The summed E-state index contributed by atoms with van der Waals surface area (Å²) in [5, 5.41) is 7.23. The predicted molar refractivity (Wildman–Crippen MR) is 70.3 cm³/mol. The Morgan fingerprint density at radius 1 is 1.32 bits per heavy atom. The maximum Gasteiger partial charge on any atom is 0.228 e. The number of hydrogen-bond donors (Lipinski definition) is 1. The molecular formula is C14H18FN3O. The first-order valence-corrected chi connectivity index (χ1v) is 6.46. The highest BCUT2D eigenvalue weighted by Crippen LogP contribution is 2.09. The summed E-state index contributed by atoms with van der Waals surface area (Å²) in [6.45, 7) is 5.05. The third-order valence-corrected chi connectivity index (χ3v) is 2.82. The largest absolute Gasteiger partial charge is 0.339 e. The fourth-order valence-corrected chi connectivity index (χ4v) is 1.91. The first kappa shape index (κ1) is 13.7. The van der Waals surface area contributed by atoms with Crippen LogP contribution in [-0.4, -0.2) is 22.7 Å². The van der Waals surface area contributed by atoms with Gasteiger partial charge in [-0.3, -0.25) is 0 Å². The van der Waals surface area contributed by atoms with Gasteiger partial charge in [0.05, 0.1) is 0 Å². The van der Waals surface area contributed by atoms with Gasteiger partial charge in [-0.25, -0.2) is 4.39 Å². The topological polar surface area (TPSA) is 51.0 Å². The first-order chi connectivity index (χ1) is 9.17. The van der Waals surface area contributed by atoms with E-state index >= 15 is 0 Å². The number of nitrogens with one attached hydrogen (secondary N) is 1. The van der Waals surface area contributed by atoms with Crippen LogP contribution in [0.3, 0.4) is 0 Å². The molecule has 1 N–H and O–H groups in total. The highest BCUT2D eigenvalue weighted by molar-refractivity contribution is 5.19. The lowest BCUT2D eigenvalue weighted by atomic mass is 10.1. The van der Waals surface area contributed by atoms with Gasteiger partial charge in [0, 0.05) is 18.9 Å². The Labute approximate surface area is 112 Å². The average Bonchev–Trinajstić information content (AvgIpc) is 2.80. The van der Waals surface area contributed by atoms with Crippen molar-refractivity contribution >= 4 is 0 Å². The zero-order valence-electron chi connectivity index (χ0n) is 11.2. The number of halogens is 1. The minimum atomic E-state index is -0.239. The van der Waals surface area contributed by atoms with Crippen molar-refractivity contribution in [1.29, 1.82) is 0 Å². The molecule has 1 aromatic carbocycles. The molecule has 1 atom stereocenters. The molecule has 1 aromatic heterocycles. The summed E-state index contributed by atoms with van der Waals surface area (Å²) in [6, 6.07) is 6.64. The number of likely N-dealkylation sites (N-methyl/N-ethyl adjacent to an activating group) is 1. The van der Waals surface area contributed by atoms with Gasteiger partial charge in [0.25, 0.3) is 0 Å². The minimum absolute atomic E-state index is 0.239. The molecule has 0 aliphatic rings. The molecule has 0 bridgehead atoms. The van der Waals surface area contributed by atoms with Crippen molar-refractivity contribution in [3.05, 3.63) is 47.4 Å². The molecule has 2 rings (SSSR count). The third-order valence-electron chi connectivity index (χ3n) is 2.82. The smallest absolute Gasteiger partial charge is 0.228 e. The molecular weight excluding hydrogens is 245 g/mol. The fourth-order valence-electron chi connectivity index (χ4n) is 1.91. The van der Waals surface area contributed by atoms with Gasteiger partial charge in [0.1, 0.15) is 5.82 Å². The van der Waals surface area contributed by atoms with Crippen LogP contribution < -0.4 is 5.32 Å². The highest BCUT2D eigenvalue weighted by atomic mass is 19.1. The van der Waals surface area contributed by atoms with Gasteiger partial charge >= 0.3 is 0 Å². The van der Waals surface area contributed by atoms with Crippen LogP contribution in [0.15, 0.2) is 28.8 Å². The summed E-state index contributed by atoms with van der Waals surface area (Å²) in [5.74, 6) is 1.02. The maximum absolute atomic E-state index is 12.8. The molecule has 19 heavy (non-hydrogen) atoms. The molecule has 4 nitrogen and oxygen atoms in total. The highest BCUT2D eigenvalue weighted by Gasteiger charge is 2.10. The van der Waals surface area contributed by atoms with Gasteiger partial charge in [-0.15, -0.1) is 0 Å². The number of rotatable bonds is 6. The molecule has 0 saturated carbocycles. The number of benzene rings is 1. The SMILES string of the molecule is CCNC(C)Cc1nc(Cc2ccc(F)cc2)no1. The van der Waals surface area contributed by atoms with E-state index in [1.165, 1.54) is 12.1 Å². The van der Waals surface area contributed by atoms with Crippen molar-refractivity contribution in [3.8, 4) is 0 Å². The van der Waals surface area contributed by atoms with Gasteiger partial charge in [-0.2, -0.15) is 4.98 Å². The van der Waals surface area contributed by atoms with Crippen molar-refractivity contribution < 1.29 is 8.91 Å². The third kappa shape index (κ3) is 4.13. The van der Waals surface area contributed by atoms with Crippen LogP contribution in [0.4, 0.5) is 4.39 Å². The zero-order chi connectivity index (χ0) is 13.7. The van der Waals surface area contributed by atoms with Gasteiger partial charge in [0.2, 0.25) is 5.89 Å². The molecule has 0 spiro atoms. The standard InChI is InChI=1S/C14H18FN3O/c1-3-16-10(2)8-14-17-13(18-19-14)9-11-4-6-12(15)7-5-11/h4-7,10,16H,3,8-9H2,1-2H3. The summed E-state index contributed by atoms with van der Waals surface area (Å²) >= 11 is 0. The second kappa shape index (κ2) is 6.43. The van der Waals surface area contributed by atoms with Gasteiger partial charge in [0.15, 0.2) is 5.82 Å². The molecule has 0 radical (unpaired) electrons. The van der Waals surface area contributed by atoms with Crippen molar-refractivity contribution in [3.63, 3.8) is 0 Å². The zero-order valence-corrected chi connectivity index (χ0v) is 11.2. The molecule has 5 heteroatoms. The monoisotopic (exact) mass is 263 g/mol.